The Labute approximate surface area is 184 Å². The van der Waals surface area contributed by atoms with Crippen LogP contribution in [0.5, 0.6) is 0 Å². The number of carbonyl (C=O) groups is 1. The van der Waals surface area contributed by atoms with Gasteiger partial charge < -0.3 is 4.90 Å². The molecule has 0 N–H and O–H groups in total. The van der Waals surface area contributed by atoms with E-state index in [1.54, 1.807) is 11.3 Å². The van der Waals surface area contributed by atoms with Crippen LogP contribution in [0.25, 0.3) is 10.2 Å². The smallest absolute Gasteiger partial charge is 0.261 e. The molecule has 1 aromatic heterocycles. The van der Waals surface area contributed by atoms with Gasteiger partial charge in [-0.25, -0.2) is 4.98 Å². The van der Waals surface area contributed by atoms with Crippen molar-refractivity contribution in [3.8, 4) is 0 Å². The molecule has 0 aliphatic rings. The molecule has 0 bridgehead atoms. The third kappa shape index (κ3) is 4.55. The Morgan fingerprint density at radius 3 is 2.50 bits per heavy atom. The highest BCUT2D eigenvalue weighted by Gasteiger charge is 2.23. The fourth-order valence-electron chi connectivity index (χ4n) is 3.32. The molecular formula is C22H26IN3OS. The van der Waals surface area contributed by atoms with E-state index in [-0.39, 0.29) is 5.91 Å². The van der Waals surface area contributed by atoms with Crippen molar-refractivity contribution in [3.63, 3.8) is 0 Å². The standard InChI is InChI=1S/C22H26IN3OS/c1-5-25(6-2)11-12-26(21(27)17-9-7-8-10-18(17)23)22-24-20-16(4)13-15(3)14-19(20)28-22/h7-10,13-14H,5-6,11-12H2,1-4H3. The van der Waals surface area contributed by atoms with Gasteiger partial charge >= 0.3 is 0 Å². The quantitative estimate of drug-likeness (QED) is 0.396. The second-order valence-electron chi connectivity index (χ2n) is 6.89. The first-order chi connectivity index (χ1) is 13.4. The molecule has 0 fully saturated rings. The van der Waals surface area contributed by atoms with Crippen LogP contribution in [-0.2, 0) is 0 Å². The Balaban J connectivity index is 2.02. The molecule has 0 saturated carbocycles. The monoisotopic (exact) mass is 507 g/mol. The van der Waals surface area contributed by atoms with Gasteiger partial charge in [-0.1, -0.05) is 43.4 Å². The summed E-state index contributed by atoms with van der Waals surface area (Å²) < 4.78 is 2.10. The average Bonchev–Trinajstić information content (AvgIpc) is 3.09. The Morgan fingerprint density at radius 2 is 1.82 bits per heavy atom. The molecule has 0 saturated heterocycles. The molecule has 4 nitrogen and oxygen atoms in total. The summed E-state index contributed by atoms with van der Waals surface area (Å²) in [4.78, 5) is 22.5. The number of thiazole rings is 1. The molecule has 148 valence electrons. The molecule has 0 unspecified atom stereocenters. The van der Waals surface area contributed by atoms with Gasteiger partial charge in [0.25, 0.3) is 5.91 Å². The van der Waals surface area contributed by atoms with E-state index in [1.165, 1.54) is 5.56 Å². The number of rotatable bonds is 7. The molecule has 3 aromatic rings. The predicted octanol–water partition coefficient (Wildman–Crippen LogP) is 5.51. The molecule has 0 atom stereocenters. The van der Waals surface area contributed by atoms with Gasteiger partial charge in [0.1, 0.15) is 0 Å². The lowest BCUT2D eigenvalue weighted by Gasteiger charge is -2.25. The zero-order valence-electron chi connectivity index (χ0n) is 16.8. The van der Waals surface area contributed by atoms with Crippen LogP contribution in [0.2, 0.25) is 0 Å². The number of hydrogen-bond donors (Lipinski definition) is 0. The Kier molecular flexibility index (Phi) is 7.06. The molecule has 28 heavy (non-hydrogen) atoms. The van der Waals surface area contributed by atoms with Crippen molar-refractivity contribution in [2.24, 2.45) is 0 Å². The summed E-state index contributed by atoms with van der Waals surface area (Å²) in [6.45, 7) is 11.9. The SMILES string of the molecule is CCN(CC)CCN(C(=O)c1ccccc1I)c1nc2c(C)cc(C)cc2s1. The van der Waals surface area contributed by atoms with Crippen LogP contribution in [0.4, 0.5) is 5.13 Å². The van der Waals surface area contributed by atoms with Crippen molar-refractivity contribution in [2.45, 2.75) is 27.7 Å². The van der Waals surface area contributed by atoms with E-state index in [0.29, 0.717) is 6.54 Å². The number of halogens is 1. The number of hydrogen-bond acceptors (Lipinski definition) is 4. The first-order valence-corrected chi connectivity index (χ1v) is 11.5. The molecule has 0 aliphatic heterocycles. The third-order valence-electron chi connectivity index (χ3n) is 4.93. The lowest BCUT2D eigenvalue weighted by Crippen LogP contribution is -2.39. The zero-order valence-corrected chi connectivity index (χ0v) is 19.8. The normalized spacial score (nSPS) is 11.4. The molecule has 3 rings (SSSR count). The van der Waals surface area contributed by atoms with E-state index in [1.807, 2.05) is 29.2 Å². The molecule has 0 aliphatic carbocycles. The molecule has 6 heteroatoms. The lowest BCUT2D eigenvalue weighted by molar-refractivity contribution is 0.0983. The van der Waals surface area contributed by atoms with Crippen LogP contribution in [0.1, 0.15) is 35.3 Å². The minimum absolute atomic E-state index is 0.0191. The highest BCUT2D eigenvalue weighted by molar-refractivity contribution is 14.1. The van der Waals surface area contributed by atoms with Crippen LogP contribution >= 0.6 is 33.9 Å². The average molecular weight is 507 g/mol. The first-order valence-electron chi connectivity index (χ1n) is 9.61. The second-order valence-corrected chi connectivity index (χ2v) is 9.06. The Morgan fingerprint density at radius 1 is 1.11 bits per heavy atom. The van der Waals surface area contributed by atoms with Crippen LogP contribution < -0.4 is 4.90 Å². The lowest BCUT2D eigenvalue weighted by atomic mass is 10.1. The van der Waals surface area contributed by atoms with Crippen LogP contribution in [-0.4, -0.2) is 42.0 Å². The van der Waals surface area contributed by atoms with Crippen molar-refractivity contribution in [3.05, 3.63) is 56.7 Å². The number of aromatic nitrogens is 1. The van der Waals surface area contributed by atoms with Crippen molar-refractivity contribution in [2.75, 3.05) is 31.1 Å². The Bertz CT molecular complexity index is 981. The number of benzene rings is 2. The maximum absolute atomic E-state index is 13.5. The minimum Gasteiger partial charge on any atom is -0.302 e. The van der Waals surface area contributed by atoms with Gasteiger partial charge in [0.15, 0.2) is 5.13 Å². The van der Waals surface area contributed by atoms with Gasteiger partial charge in [0.05, 0.1) is 15.8 Å². The van der Waals surface area contributed by atoms with Gasteiger partial charge in [-0.15, -0.1) is 0 Å². The van der Waals surface area contributed by atoms with E-state index in [4.69, 9.17) is 4.98 Å². The minimum atomic E-state index is 0.0191. The number of nitrogens with zero attached hydrogens (tertiary/aromatic N) is 3. The van der Waals surface area contributed by atoms with Crippen LogP contribution in [0.15, 0.2) is 36.4 Å². The number of amides is 1. The third-order valence-corrected chi connectivity index (χ3v) is 6.90. The van der Waals surface area contributed by atoms with Gasteiger partial charge in [0.2, 0.25) is 0 Å². The van der Waals surface area contributed by atoms with E-state index >= 15 is 0 Å². The summed E-state index contributed by atoms with van der Waals surface area (Å²) in [6.07, 6.45) is 0. The molecule has 2 aromatic carbocycles. The fourth-order valence-corrected chi connectivity index (χ4v) is 5.10. The summed E-state index contributed by atoms with van der Waals surface area (Å²) in [5.41, 5.74) is 4.10. The maximum atomic E-state index is 13.5. The van der Waals surface area contributed by atoms with E-state index in [0.717, 1.165) is 49.7 Å². The van der Waals surface area contributed by atoms with Gasteiger partial charge in [-0.2, -0.15) is 0 Å². The van der Waals surface area contributed by atoms with Crippen molar-refractivity contribution in [1.82, 2.24) is 9.88 Å². The van der Waals surface area contributed by atoms with Crippen molar-refractivity contribution < 1.29 is 4.79 Å². The number of fused-ring (bicyclic) bond motifs is 1. The second kappa shape index (κ2) is 9.33. The largest absolute Gasteiger partial charge is 0.302 e. The Hall–Kier alpha value is -1.51. The molecule has 0 spiro atoms. The van der Waals surface area contributed by atoms with Crippen molar-refractivity contribution in [1.29, 1.82) is 0 Å². The highest BCUT2D eigenvalue weighted by Crippen LogP contribution is 2.32. The van der Waals surface area contributed by atoms with Crippen LogP contribution in [0, 0.1) is 17.4 Å². The molecule has 1 heterocycles. The number of likely N-dealkylation sites (N-methyl/N-ethyl adjacent to an activating group) is 1. The maximum Gasteiger partial charge on any atom is 0.261 e. The topological polar surface area (TPSA) is 36.4 Å². The van der Waals surface area contributed by atoms with E-state index in [9.17, 15) is 4.79 Å². The summed E-state index contributed by atoms with van der Waals surface area (Å²) in [5, 5.41) is 0.778. The zero-order chi connectivity index (χ0) is 20.3. The predicted molar refractivity (Wildman–Crippen MR) is 128 cm³/mol. The van der Waals surface area contributed by atoms with Gasteiger partial charge in [0, 0.05) is 16.7 Å². The number of anilines is 1. The van der Waals surface area contributed by atoms with Crippen molar-refractivity contribution >= 4 is 55.2 Å². The number of aryl methyl sites for hydroxylation is 2. The summed E-state index contributed by atoms with van der Waals surface area (Å²) in [7, 11) is 0. The molecular weight excluding hydrogens is 481 g/mol. The molecule has 1 amide bonds. The van der Waals surface area contributed by atoms with E-state index in [2.05, 4.69) is 67.3 Å². The highest BCUT2D eigenvalue weighted by atomic mass is 127. The summed E-state index contributed by atoms with van der Waals surface area (Å²) >= 11 is 3.84. The van der Waals surface area contributed by atoms with Gasteiger partial charge in [-0.3, -0.25) is 9.69 Å². The summed E-state index contributed by atoms with van der Waals surface area (Å²) in [5.74, 6) is 0.0191. The number of carbonyl (C=O) groups excluding carboxylic acids is 1. The molecule has 0 radical (unpaired) electrons. The van der Waals surface area contributed by atoms with Crippen LogP contribution in [0.3, 0.4) is 0 Å². The fraction of sp³-hybridized carbons (Fsp3) is 0.364. The first kappa shape index (κ1) is 21.2. The van der Waals surface area contributed by atoms with E-state index < -0.39 is 0 Å². The summed E-state index contributed by atoms with van der Waals surface area (Å²) in [6, 6.07) is 12.1. The van der Waals surface area contributed by atoms with Gasteiger partial charge in [-0.05, 0) is 78.9 Å².